The van der Waals surface area contributed by atoms with E-state index in [2.05, 4.69) is 19.7 Å². The number of aliphatic hydroxyl groups is 1. The maximum Gasteiger partial charge on any atom is 0.147 e. The van der Waals surface area contributed by atoms with E-state index in [1.54, 1.807) is 6.33 Å². The number of rotatable bonds is 1. The van der Waals surface area contributed by atoms with Crippen molar-refractivity contribution in [2.24, 2.45) is 0 Å². The van der Waals surface area contributed by atoms with Crippen molar-refractivity contribution in [1.29, 1.82) is 0 Å². The Hall–Kier alpha value is -0.940. The summed E-state index contributed by atoms with van der Waals surface area (Å²) in [6.07, 6.45) is 7.38. The Morgan fingerprint density at radius 1 is 1.18 bits per heavy atom. The smallest absolute Gasteiger partial charge is 0.147 e. The topological polar surface area (TPSA) is 54.2 Å². The molecule has 5 nitrogen and oxygen atoms in total. The molecule has 3 rings (SSSR count). The number of nitrogens with zero attached hydrogens (tertiary/aromatic N) is 4. The molecule has 1 aromatic rings. The van der Waals surface area contributed by atoms with E-state index in [1.807, 2.05) is 0 Å². The molecule has 17 heavy (non-hydrogen) atoms. The summed E-state index contributed by atoms with van der Waals surface area (Å²) in [6.45, 7) is 2.79. The first-order valence-electron chi connectivity index (χ1n) is 6.63. The molecule has 0 saturated heterocycles. The van der Waals surface area contributed by atoms with Gasteiger partial charge in [-0.3, -0.25) is 4.90 Å². The lowest BCUT2D eigenvalue weighted by atomic mass is 10.0. The lowest BCUT2D eigenvalue weighted by Crippen LogP contribution is -2.46. The highest BCUT2D eigenvalue weighted by Crippen LogP contribution is 2.25. The van der Waals surface area contributed by atoms with Crippen molar-refractivity contribution in [3.05, 3.63) is 12.2 Å². The van der Waals surface area contributed by atoms with Crippen LogP contribution in [0.2, 0.25) is 0 Å². The molecular weight excluding hydrogens is 216 g/mol. The third-order valence-corrected chi connectivity index (χ3v) is 4.08. The molecule has 1 saturated carbocycles. The Labute approximate surface area is 101 Å². The SMILES string of the molecule is OC1CCCCCC1N1CCn2cnnc2C1. The van der Waals surface area contributed by atoms with Crippen LogP contribution in [0.25, 0.3) is 0 Å². The number of aliphatic hydroxyl groups excluding tert-OH is 1. The van der Waals surface area contributed by atoms with Crippen LogP contribution in [0.4, 0.5) is 0 Å². The maximum atomic E-state index is 10.2. The normalized spacial score (nSPS) is 30.9. The summed E-state index contributed by atoms with van der Waals surface area (Å²) in [4.78, 5) is 2.39. The Morgan fingerprint density at radius 2 is 2.06 bits per heavy atom. The molecule has 0 aromatic carbocycles. The minimum absolute atomic E-state index is 0.160. The van der Waals surface area contributed by atoms with Gasteiger partial charge < -0.3 is 9.67 Å². The van der Waals surface area contributed by atoms with Crippen LogP contribution in [0, 0.1) is 0 Å². The van der Waals surface area contributed by atoms with Gasteiger partial charge in [-0.15, -0.1) is 10.2 Å². The average molecular weight is 236 g/mol. The summed E-state index contributed by atoms with van der Waals surface area (Å²) in [5, 5.41) is 18.3. The van der Waals surface area contributed by atoms with Gasteiger partial charge in [0.15, 0.2) is 0 Å². The van der Waals surface area contributed by atoms with Gasteiger partial charge in [0.25, 0.3) is 0 Å². The molecule has 1 fully saturated rings. The third-order valence-electron chi connectivity index (χ3n) is 4.08. The van der Waals surface area contributed by atoms with Gasteiger partial charge in [0.2, 0.25) is 0 Å². The van der Waals surface area contributed by atoms with E-state index in [1.165, 1.54) is 19.3 Å². The van der Waals surface area contributed by atoms with Crippen LogP contribution in [-0.2, 0) is 13.1 Å². The predicted octanol–water partition coefficient (Wildman–Crippen LogP) is 0.787. The van der Waals surface area contributed by atoms with Crippen molar-refractivity contribution in [3.63, 3.8) is 0 Å². The fourth-order valence-electron chi connectivity index (χ4n) is 3.06. The zero-order valence-corrected chi connectivity index (χ0v) is 10.1. The largest absolute Gasteiger partial charge is 0.391 e. The lowest BCUT2D eigenvalue weighted by molar-refractivity contribution is 0.0287. The molecule has 0 bridgehead atoms. The van der Waals surface area contributed by atoms with E-state index < -0.39 is 0 Å². The standard InChI is InChI=1S/C12H20N4O/c17-11-5-3-1-2-4-10(11)15-6-7-16-9-13-14-12(16)8-15/h9-11,17H,1-8H2. The van der Waals surface area contributed by atoms with Gasteiger partial charge >= 0.3 is 0 Å². The van der Waals surface area contributed by atoms with Gasteiger partial charge in [-0.25, -0.2) is 0 Å². The fraction of sp³-hybridized carbons (Fsp3) is 0.833. The summed E-state index contributed by atoms with van der Waals surface area (Å²) in [7, 11) is 0. The molecule has 0 amide bonds. The second-order valence-corrected chi connectivity index (χ2v) is 5.18. The highest BCUT2D eigenvalue weighted by Gasteiger charge is 2.30. The minimum atomic E-state index is -0.160. The molecular formula is C12H20N4O. The molecule has 1 aliphatic carbocycles. The van der Waals surface area contributed by atoms with Crippen LogP contribution < -0.4 is 0 Å². The number of fused-ring (bicyclic) bond motifs is 1. The molecule has 1 aliphatic heterocycles. The summed E-state index contributed by atoms with van der Waals surface area (Å²) in [5.74, 6) is 1.03. The van der Waals surface area contributed by atoms with E-state index in [4.69, 9.17) is 0 Å². The monoisotopic (exact) mass is 236 g/mol. The van der Waals surface area contributed by atoms with E-state index in [0.717, 1.165) is 38.3 Å². The van der Waals surface area contributed by atoms with Crippen molar-refractivity contribution in [1.82, 2.24) is 19.7 Å². The quantitative estimate of drug-likeness (QED) is 0.732. The van der Waals surface area contributed by atoms with Gasteiger partial charge in [-0.05, 0) is 12.8 Å². The van der Waals surface area contributed by atoms with E-state index in [-0.39, 0.29) is 6.10 Å². The third kappa shape index (κ3) is 2.21. The highest BCUT2D eigenvalue weighted by atomic mass is 16.3. The number of hydrogen-bond donors (Lipinski definition) is 1. The molecule has 2 unspecified atom stereocenters. The summed E-state index contributed by atoms with van der Waals surface area (Å²) in [6, 6.07) is 0.322. The lowest BCUT2D eigenvalue weighted by Gasteiger charge is -2.36. The van der Waals surface area contributed by atoms with E-state index in [0.29, 0.717) is 6.04 Å². The zero-order chi connectivity index (χ0) is 11.7. The first kappa shape index (κ1) is 11.2. The van der Waals surface area contributed by atoms with Crippen LogP contribution in [0.5, 0.6) is 0 Å². The zero-order valence-electron chi connectivity index (χ0n) is 10.1. The van der Waals surface area contributed by atoms with Crippen LogP contribution in [0.1, 0.15) is 37.9 Å². The molecule has 1 N–H and O–H groups in total. The van der Waals surface area contributed by atoms with E-state index in [9.17, 15) is 5.11 Å². The van der Waals surface area contributed by atoms with Gasteiger partial charge in [-0.1, -0.05) is 19.3 Å². The predicted molar refractivity (Wildman–Crippen MR) is 63.3 cm³/mol. The number of aromatic nitrogens is 3. The van der Waals surface area contributed by atoms with Gasteiger partial charge in [0, 0.05) is 19.1 Å². The fourth-order valence-corrected chi connectivity index (χ4v) is 3.06. The molecule has 1 aromatic heterocycles. The van der Waals surface area contributed by atoms with Crippen molar-refractivity contribution >= 4 is 0 Å². The summed E-state index contributed by atoms with van der Waals surface area (Å²) in [5.41, 5.74) is 0. The maximum absolute atomic E-state index is 10.2. The van der Waals surface area contributed by atoms with Crippen LogP contribution >= 0.6 is 0 Å². The molecule has 0 radical (unpaired) electrons. The number of hydrogen-bond acceptors (Lipinski definition) is 4. The minimum Gasteiger partial charge on any atom is -0.391 e. The first-order valence-corrected chi connectivity index (χ1v) is 6.63. The molecule has 0 spiro atoms. The Kier molecular flexibility index (Phi) is 3.11. The van der Waals surface area contributed by atoms with Gasteiger partial charge in [-0.2, -0.15) is 0 Å². The van der Waals surface area contributed by atoms with E-state index >= 15 is 0 Å². The van der Waals surface area contributed by atoms with Gasteiger partial charge in [0.1, 0.15) is 12.2 Å². The Balaban J connectivity index is 1.72. The molecule has 2 heterocycles. The van der Waals surface area contributed by atoms with Crippen molar-refractivity contribution < 1.29 is 5.11 Å². The molecule has 2 aliphatic rings. The van der Waals surface area contributed by atoms with Crippen molar-refractivity contribution in [2.75, 3.05) is 6.54 Å². The van der Waals surface area contributed by atoms with Crippen LogP contribution in [0.15, 0.2) is 6.33 Å². The molecule has 2 atom stereocenters. The second kappa shape index (κ2) is 4.74. The average Bonchev–Trinajstić information content (AvgIpc) is 2.70. The van der Waals surface area contributed by atoms with Crippen LogP contribution in [0.3, 0.4) is 0 Å². The van der Waals surface area contributed by atoms with Crippen molar-refractivity contribution in [3.8, 4) is 0 Å². The molecule has 5 heteroatoms. The second-order valence-electron chi connectivity index (χ2n) is 5.18. The Morgan fingerprint density at radius 3 is 3.00 bits per heavy atom. The van der Waals surface area contributed by atoms with Crippen molar-refractivity contribution in [2.45, 2.75) is 57.3 Å². The summed E-state index contributed by atoms with van der Waals surface area (Å²) < 4.78 is 2.11. The first-order chi connectivity index (χ1) is 8.34. The highest BCUT2D eigenvalue weighted by molar-refractivity contribution is 4.93. The van der Waals surface area contributed by atoms with Gasteiger partial charge in [0.05, 0.1) is 12.6 Å². The Bertz CT molecular complexity index is 378. The van der Waals surface area contributed by atoms with Crippen LogP contribution in [-0.4, -0.2) is 43.5 Å². The summed E-state index contributed by atoms with van der Waals surface area (Å²) >= 11 is 0. The molecule has 94 valence electrons.